The second kappa shape index (κ2) is 4.19. The fourth-order valence-electron chi connectivity index (χ4n) is 2.17. The number of hydrogen-bond acceptors (Lipinski definition) is 4. The van der Waals surface area contributed by atoms with Crippen molar-refractivity contribution in [3.05, 3.63) is 36.2 Å². The minimum absolute atomic E-state index is 0.0472. The first-order valence-electron chi connectivity index (χ1n) is 6.02. The number of aromatic amines is 1. The van der Waals surface area contributed by atoms with Crippen molar-refractivity contribution in [2.24, 2.45) is 5.73 Å². The number of hydrogen-bond donors (Lipinski definition) is 2. The Kier molecular flexibility index (Phi) is 2.65. The Morgan fingerprint density at radius 1 is 1.39 bits per heavy atom. The van der Waals surface area contributed by atoms with Crippen LogP contribution in [0.1, 0.15) is 12.7 Å². The third-order valence-corrected chi connectivity index (χ3v) is 3.58. The lowest BCUT2D eigenvalue weighted by Gasteiger charge is -2.23. The van der Waals surface area contributed by atoms with E-state index in [1.807, 2.05) is 30.3 Å². The van der Waals surface area contributed by atoms with Crippen LogP contribution in [0.15, 0.2) is 30.3 Å². The Morgan fingerprint density at radius 2 is 2.17 bits per heavy atom. The number of benzene rings is 1. The fourth-order valence-corrected chi connectivity index (χ4v) is 2.17. The topological polar surface area (TPSA) is 76.8 Å². The molecule has 5 heteroatoms. The molecule has 0 bridgehead atoms. The van der Waals surface area contributed by atoms with E-state index in [1.54, 1.807) is 0 Å². The zero-order valence-corrected chi connectivity index (χ0v) is 10.3. The predicted octanol–water partition coefficient (Wildman–Crippen LogP) is 1.09. The number of aromatic nitrogens is 3. The molecule has 1 aromatic heterocycles. The van der Waals surface area contributed by atoms with Gasteiger partial charge in [-0.05, 0) is 6.92 Å². The molecule has 0 aliphatic carbocycles. The normalized spacial score (nSPS) is 27.6. The molecule has 2 atom stereocenters. The van der Waals surface area contributed by atoms with Crippen molar-refractivity contribution < 1.29 is 4.74 Å². The molecule has 0 radical (unpaired) electrons. The minimum atomic E-state index is -0.278. The molecule has 2 heterocycles. The summed E-state index contributed by atoms with van der Waals surface area (Å²) in [6.07, 6.45) is 0. The quantitative estimate of drug-likeness (QED) is 0.829. The Bertz CT molecular complexity index is 539. The molecular formula is C13H16N4O. The minimum Gasteiger partial charge on any atom is -0.379 e. The lowest BCUT2D eigenvalue weighted by Crippen LogP contribution is -2.42. The monoisotopic (exact) mass is 244 g/mol. The van der Waals surface area contributed by atoms with Gasteiger partial charge in [-0.25, -0.2) is 4.98 Å². The molecule has 5 nitrogen and oxygen atoms in total. The van der Waals surface area contributed by atoms with Gasteiger partial charge >= 0.3 is 0 Å². The molecule has 0 spiro atoms. The number of H-pyrrole nitrogens is 1. The summed E-state index contributed by atoms with van der Waals surface area (Å²) in [5.74, 6) is 1.50. The van der Waals surface area contributed by atoms with Crippen LogP contribution >= 0.6 is 0 Å². The van der Waals surface area contributed by atoms with Crippen LogP contribution in [0.3, 0.4) is 0 Å². The van der Waals surface area contributed by atoms with Crippen molar-refractivity contribution in [2.75, 3.05) is 13.2 Å². The van der Waals surface area contributed by atoms with Gasteiger partial charge in [0.15, 0.2) is 5.82 Å². The highest BCUT2D eigenvalue weighted by Crippen LogP contribution is 2.30. The first-order chi connectivity index (χ1) is 8.70. The largest absolute Gasteiger partial charge is 0.379 e. The van der Waals surface area contributed by atoms with Crippen LogP contribution in [-0.2, 0) is 10.2 Å². The summed E-state index contributed by atoms with van der Waals surface area (Å²) in [5.41, 5.74) is 6.80. The standard InChI is InChI=1S/C13H16N4O/c1-13(8-18-7-10(13)14)12-15-11(16-17-12)9-5-3-2-4-6-9/h2-6,10H,7-8,14H2,1H3,(H,15,16,17). The molecule has 1 aliphatic heterocycles. The third kappa shape index (κ3) is 1.72. The lowest BCUT2D eigenvalue weighted by molar-refractivity contribution is 0.178. The van der Waals surface area contributed by atoms with Crippen molar-refractivity contribution in [3.8, 4) is 11.4 Å². The molecule has 1 aromatic carbocycles. The third-order valence-electron chi connectivity index (χ3n) is 3.58. The summed E-state index contributed by atoms with van der Waals surface area (Å²) in [6, 6.07) is 9.84. The van der Waals surface area contributed by atoms with Crippen LogP contribution in [0.2, 0.25) is 0 Å². The molecule has 0 saturated carbocycles. The second-order valence-electron chi connectivity index (χ2n) is 4.91. The van der Waals surface area contributed by atoms with E-state index < -0.39 is 0 Å². The zero-order valence-electron chi connectivity index (χ0n) is 10.3. The molecule has 3 N–H and O–H groups in total. The lowest BCUT2D eigenvalue weighted by atomic mass is 9.85. The molecule has 94 valence electrons. The summed E-state index contributed by atoms with van der Waals surface area (Å²) < 4.78 is 5.43. The Labute approximate surface area is 105 Å². The summed E-state index contributed by atoms with van der Waals surface area (Å²) in [5, 5.41) is 7.26. The van der Waals surface area contributed by atoms with Crippen LogP contribution in [0.4, 0.5) is 0 Å². The zero-order chi connectivity index (χ0) is 12.6. The predicted molar refractivity (Wildman–Crippen MR) is 68.0 cm³/mol. The maximum absolute atomic E-state index is 6.08. The van der Waals surface area contributed by atoms with Crippen LogP contribution in [0.25, 0.3) is 11.4 Å². The van der Waals surface area contributed by atoms with Gasteiger partial charge in [0.05, 0.1) is 18.6 Å². The highest BCUT2D eigenvalue weighted by molar-refractivity contribution is 5.54. The second-order valence-corrected chi connectivity index (χ2v) is 4.91. The number of nitrogens with one attached hydrogen (secondary N) is 1. The Morgan fingerprint density at radius 3 is 2.83 bits per heavy atom. The van der Waals surface area contributed by atoms with E-state index in [4.69, 9.17) is 10.5 Å². The fraction of sp³-hybridized carbons (Fsp3) is 0.385. The molecule has 3 rings (SSSR count). The van der Waals surface area contributed by atoms with Gasteiger partial charge in [-0.1, -0.05) is 30.3 Å². The van der Waals surface area contributed by atoms with Crippen molar-refractivity contribution >= 4 is 0 Å². The van der Waals surface area contributed by atoms with Crippen LogP contribution in [-0.4, -0.2) is 34.4 Å². The summed E-state index contributed by atoms with van der Waals surface area (Å²) in [4.78, 5) is 4.56. The highest BCUT2D eigenvalue weighted by Gasteiger charge is 2.42. The maximum Gasteiger partial charge on any atom is 0.181 e. The summed E-state index contributed by atoms with van der Waals surface area (Å²) in [6.45, 7) is 3.20. The number of rotatable bonds is 2. The highest BCUT2D eigenvalue weighted by atomic mass is 16.5. The SMILES string of the molecule is CC1(c2nc(-c3ccccc3)n[nH]2)COCC1N. The molecule has 1 fully saturated rings. The smallest absolute Gasteiger partial charge is 0.181 e. The van der Waals surface area contributed by atoms with E-state index in [-0.39, 0.29) is 11.5 Å². The first-order valence-corrected chi connectivity index (χ1v) is 6.02. The Balaban J connectivity index is 1.95. The summed E-state index contributed by atoms with van der Waals surface area (Å²) >= 11 is 0. The van der Waals surface area contributed by atoms with E-state index in [1.165, 1.54) is 0 Å². The van der Waals surface area contributed by atoms with Gasteiger partial charge in [0.25, 0.3) is 0 Å². The van der Waals surface area contributed by atoms with E-state index >= 15 is 0 Å². The van der Waals surface area contributed by atoms with Gasteiger partial charge in [-0.3, -0.25) is 5.10 Å². The van der Waals surface area contributed by atoms with Gasteiger partial charge < -0.3 is 10.5 Å². The first kappa shape index (κ1) is 11.4. The van der Waals surface area contributed by atoms with Crippen molar-refractivity contribution in [1.82, 2.24) is 15.2 Å². The van der Waals surface area contributed by atoms with Crippen LogP contribution in [0, 0.1) is 0 Å². The van der Waals surface area contributed by atoms with Crippen LogP contribution < -0.4 is 5.73 Å². The van der Waals surface area contributed by atoms with E-state index in [2.05, 4.69) is 22.1 Å². The molecule has 1 aliphatic rings. The summed E-state index contributed by atoms with van der Waals surface area (Å²) in [7, 11) is 0. The molecule has 2 aromatic rings. The van der Waals surface area contributed by atoms with Crippen LogP contribution in [0.5, 0.6) is 0 Å². The van der Waals surface area contributed by atoms with Crippen molar-refractivity contribution in [1.29, 1.82) is 0 Å². The van der Waals surface area contributed by atoms with E-state index in [0.717, 1.165) is 11.4 Å². The van der Waals surface area contributed by atoms with Gasteiger partial charge in [-0.2, -0.15) is 5.10 Å². The van der Waals surface area contributed by atoms with Gasteiger partial charge in [0, 0.05) is 11.6 Å². The average molecular weight is 244 g/mol. The molecule has 2 unspecified atom stereocenters. The molecule has 18 heavy (non-hydrogen) atoms. The van der Waals surface area contributed by atoms with E-state index in [9.17, 15) is 0 Å². The van der Waals surface area contributed by atoms with Gasteiger partial charge in [-0.15, -0.1) is 0 Å². The van der Waals surface area contributed by atoms with Crippen molar-refractivity contribution in [3.63, 3.8) is 0 Å². The Hall–Kier alpha value is -1.72. The molecular weight excluding hydrogens is 228 g/mol. The maximum atomic E-state index is 6.08. The molecule has 0 amide bonds. The molecule has 1 saturated heterocycles. The van der Waals surface area contributed by atoms with E-state index in [0.29, 0.717) is 19.0 Å². The van der Waals surface area contributed by atoms with Crippen molar-refractivity contribution in [2.45, 2.75) is 18.4 Å². The van der Waals surface area contributed by atoms with Gasteiger partial charge in [0.1, 0.15) is 5.82 Å². The van der Waals surface area contributed by atoms with Gasteiger partial charge in [0.2, 0.25) is 0 Å². The number of ether oxygens (including phenoxy) is 1. The number of nitrogens with zero attached hydrogens (tertiary/aromatic N) is 2. The number of nitrogens with two attached hydrogens (primary N) is 1. The average Bonchev–Trinajstić information content (AvgIpc) is 3.00.